The van der Waals surface area contributed by atoms with Crippen LogP contribution < -0.4 is 5.32 Å². The van der Waals surface area contributed by atoms with Crippen molar-refractivity contribution in [2.45, 2.75) is 46.6 Å². The van der Waals surface area contributed by atoms with Gasteiger partial charge in [-0.25, -0.2) is 4.68 Å². The van der Waals surface area contributed by atoms with Gasteiger partial charge in [0.25, 0.3) is 0 Å². The maximum atomic E-state index is 4.88. The molecule has 0 fully saturated rings. The smallest absolute Gasteiger partial charge is 0.125 e. The summed E-state index contributed by atoms with van der Waals surface area (Å²) in [6.07, 6.45) is 2.10. The van der Waals surface area contributed by atoms with Gasteiger partial charge < -0.3 is 5.32 Å². The molecule has 3 nitrogen and oxygen atoms in total. The molecule has 0 radical (unpaired) electrons. The molecule has 112 valence electrons. The Hall–Kier alpha value is -1.77. The number of rotatable bonds is 2. The Morgan fingerprint density at radius 1 is 1.29 bits per heavy atom. The second-order valence-corrected chi connectivity index (χ2v) is 7.35. The summed E-state index contributed by atoms with van der Waals surface area (Å²) >= 11 is 0. The van der Waals surface area contributed by atoms with Gasteiger partial charge in [0.05, 0.1) is 11.7 Å². The topological polar surface area (TPSA) is 29.9 Å². The van der Waals surface area contributed by atoms with Crippen LogP contribution in [0.15, 0.2) is 30.3 Å². The molecule has 0 saturated carbocycles. The lowest BCUT2D eigenvalue weighted by Gasteiger charge is -2.26. The summed E-state index contributed by atoms with van der Waals surface area (Å²) in [4.78, 5) is 0. The second-order valence-electron chi connectivity index (χ2n) is 7.35. The highest BCUT2D eigenvalue weighted by Gasteiger charge is 2.24. The summed E-state index contributed by atoms with van der Waals surface area (Å²) in [5, 5.41) is 8.36. The minimum Gasteiger partial charge on any atom is -0.370 e. The Kier molecular flexibility index (Phi) is 3.52. The molecule has 1 N–H and O–H groups in total. The number of fused-ring (bicyclic) bond motifs is 1. The van der Waals surface area contributed by atoms with Crippen LogP contribution in [0.5, 0.6) is 0 Å². The Bertz CT molecular complexity index is 634. The van der Waals surface area contributed by atoms with Gasteiger partial charge in [0.2, 0.25) is 0 Å². The number of nitrogens with zero attached hydrogens (tertiary/aromatic N) is 2. The highest BCUT2D eigenvalue weighted by Crippen LogP contribution is 2.31. The monoisotopic (exact) mass is 283 g/mol. The van der Waals surface area contributed by atoms with Gasteiger partial charge in [-0.15, -0.1) is 0 Å². The summed E-state index contributed by atoms with van der Waals surface area (Å²) in [5.74, 6) is 1.16. The summed E-state index contributed by atoms with van der Waals surface area (Å²) < 4.78 is 2.18. The van der Waals surface area contributed by atoms with Gasteiger partial charge in [-0.1, -0.05) is 50.6 Å². The van der Waals surface area contributed by atoms with Crippen LogP contribution in [-0.4, -0.2) is 16.3 Å². The number of benzene rings is 1. The molecule has 2 heterocycles. The number of aromatic nitrogens is 2. The fourth-order valence-corrected chi connectivity index (χ4v) is 3.09. The van der Waals surface area contributed by atoms with Crippen molar-refractivity contribution in [1.82, 2.24) is 9.78 Å². The quantitative estimate of drug-likeness (QED) is 0.896. The largest absolute Gasteiger partial charge is 0.370 e. The zero-order valence-electron chi connectivity index (χ0n) is 13.5. The Morgan fingerprint density at radius 2 is 2.10 bits per heavy atom. The molecule has 0 spiro atoms. The van der Waals surface area contributed by atoms with Crippen molar-refractivity contribution < 1.29 is 0 Å². The Morgan fingerprint density at radius 3 is 2.81 bits per heavy atom. The third-order valence-corrected chi connectivity index (χ3v) is 3.94. The first-order chi connectivity index (χ1) is 9.92. The van der Waals surface area contributed by atoms with Gasteiger partial charge in [0, 0.05) is 12.6 Å². The Labute approximate surface area is 127 Å². The lowest BCUT2D eigenvalue weighted by molar-refractivity contribution is 0.399. The zero-order chi connectivity index (χ0) is 15.0. The van der Waals surface area contributed by atoms with Gasteiger partial charge in [0.1, 0.15) is 5.82 Å². The van der Waals surface area contributed by atoms with Crippen LogP contribution in [-0.2, 0) is 6.42 Å². The van der Waals surface area contributed by atoms with E-state index in [1.54, 1.807) is 0 Å². The van der Waals surface area contributed by atoms with Gasteiger partial charge in [-0.3, -0.25) is 0 Å². The van der Waals surface area contributed by atoms with Crippen molar-refractivity contribution in [2.24, 2.45) is 5.41 Å². The van der Waals surface area contributed by atoms with E-state index in [9.17, 15) is 0 Å². The van der Waals surface area contributed by atoms with Crippen molar-refractivity contribution in [3.05, 3.63) is 47.2 Å². The van der Waals surface area contributed by atoms with E-state index in [1.165, 1.54) is 16.8 Å². The van der Waals surface area contributed by atoms with E-state index < -0.39 is 0 Å². The SMILES string of the molecule is Cc1cccc(C2CCNc3cc(CC(C)(C)C)nn32)c1. The van der Waals surface area contributed by atoms with Gasteiger partial charge in [-0.05, 0) is 30.7 Å². The molecule has 1 aliphatic rings. The second kappa shape index (κ2) is 5.21. The van der Waals surface area contributed by atoms with Crippen molar-refractivity contribution >= 4 is 5.82 Å². The fourth-order valence-electron chi connectivity index (χ4n) is 3.09. The van der Waals surface area contributed by atoms with Crippen LogP contribution in [0.2, 0.25) is 0 Å². The highest BCUT2D eigenvalue weighted by molar-refractivity contribution is 5.42. The summed E-state index contributed by atoms with van der Waals surface area (Å²) in [5.41, 5.74) is 4.13. The predicted molar refractivity (Wildman–Crippen MR) is 87.8 cm³/mol. The van der Waals surface area contributed by atoms with Crippen molar-refractivity contribution in [3.8, 4) is 0 Å². The van der Waals surface area contributed by atoms with E-state index >= 15 is 0 Å². The van der Waals surface area contributed by atoms with E-state index in [0.717, 1.165) is 25.2 Å². The van der Waals surface area contributed by atoms with Crippen LogP contribution >= 0.6 is 0 Å². The normalized spacial score (nSPS) is 18.2. The lowest BCUT2D eigenvalue weighted by atomic mass is 9.91. The molecule has 1 aliphatic heterocycles. The molecule has 0 aliphatic carbocycles. The van der Waals surface area contributed by atoms with Crippen molar-refractivity contribution in [1.29, 1.82) is 0 Å². The first kappa shape index (κ1) is 14.2. The molecule has 1 atom stereocenters. The van der Waals surface area contributed by atoms with Crippen molar-refractivity contribution in [2.75, 3.05) is 11.9 Å². The molecular weight excluding hydrogens is 258 g/mol. The third-order valence-electron chi connectivity index (χ3n) is 3.94. The van der Waals surface area contributed by atoms with Crippen molar-refractivity contribution in [3.63, 3.8) is 0 Å². The van der Waals surface area contributed by atoms with E-state index in [4.69, 9.17) is 5.10 Å². The third kappa shape index (κ3) is 3.12. The molecule has 3 rings (SSSR count). The summed E-state index contributed by atoms with van der Waals surface area (Å²) in [7, 11) is 0. The fraction of sp³-hybridized carbons (Fsp3) is 0.500. The molecule has 1 aromatic heterocycles. The molecular formula is C18H25N3. The van der Waals surface area contributed by atoms with Crippen LogP contribution in [0, 0.1) is 12.3 Å². The summed E-state index contributed by atoms with van der Waals surface area (Å²) in [6.45, 7) is 9.95. The molecule has 21 heavy (non-hydrogen) atoms. The maximum absolute atomic E-state index is 4.88. The zero-order valence-corrected chi connectivity index (χ0v) is 13.5. The first-order valence-corrected chi connectivity index (χ1v) is 7.81. The minimum absolute atomic E-state index is 0.267. The van der Waals surface area contributed by atoms with E-state index in [0.29, 0.717) is 6.04 Å². The van der Waals surface area contributed by atoms with Crippen LogP contribution in [0.25, 0.3) is 0 Å². The number of anilines is 1. The van der Waals surface area contributed by atoms with Gasteiger partial charge in [-0.2, -0.15) is 5.10 Å². The van der Waals surface area contributed by atoms with Crippen LogP contribution in [0.3, 0.4) is 0 Å². The number of aryl methyl sites for hydroxylation is 1. The number of nitrogens with one attached hydrogen (secondary N) is 1. The molecule has 0 saturated heterocycles. The lowest BCUT2D eigenvalue weighted by Crippen LogP contribution is -2.24. The average molecular weight is 283 g/mol. The molecule has 0 bridgehead atoms. The maximum Gasteiger partial charge on any atom is 0.125 e. The molecule has 2 aromatic rings. The summed E-state index contributed by atoms with van der Waals surface area (Å²) in [6, 6.07) is 11.4. The van der Waals surface area contributed by atoms with Crippen LogP contribution in [0.1, 0.15) is 50.1 Å². The predicted octanol–water partition coefficient (Wildman–Crippen LogP) is 4.19. The molecule has 1 unspecified atom stereocenters. The Balaban J connectivity index is 1.94. The number of hydrogen-bond acceptors (Lipinski definition) is 2. The minimum atomic E-state index is 0.267. The van der Waals surface area contributed by atoms with E-state index in [2.05, 4.69) is 68.0 Å². The number of hydrogen-bond donors (Lipinski definition) is 1. The molecule has 3 heteroatoms. The first-order valence-electron chi connectivity index (χ1n) is 7.81. The van der Waals surface area contributed by atoms with Crippen LogP contribution in [0.4, 0.5) is 5.82 Å². The molecule has 1 aromatic carbocycles. The molecule has 0 amide bonds. The highest BCUT2D eigenvalue weighted by atomic mass is 15.4. The van der Waals surface area contributed by atoms with Gasteiger partial charge in [0.15, 0.2) is 0 Å². The van der Waals surface area contributed by atoms with E-state index in [1.807, 2.05) is 0 Å². The van der Waals surface area contributed by atoms with Gasteiger partial charge >= 0.3 is 0 Å². The van der Waals surface area contributed by atoms with E-state index in [-0.39, 0.29) is 5.41 Å². The average Bonchev–Trinajstić information content (AvgIpc) is 2.78. The standard InChI is InChI=1S/C18H25N3/c1-13-6-5-7-14(10-13)16-8-9-19-17-11-15(20-21(16)17)12-18(2,3)4/h5-7,10-11,16,19H,8-9,12H2,1-4H3.